The van der Waals surface area contributed by atoms with Crippen molar-refractivity contribution in [1.29, 1.82) is 0 Å². The summed E-state index contributed by atoms with van der Waals surface area (Å²) in [7, 11) is -3.56. The van der Waals surface area contributed by atoms with Crippen LogP contribution in [0.1, 0.15) is 15.9 Å². The molecule has 0 saturated heterocycles. The molecule has 0 aliphatic rings. The number of hydrogen-bond acceptors (Lipinski definition) is 4. The van der Waals surface area contributed by atoms with Crippen LogP contribution in [-0.4, -0.2) is 30.4 Å². The lowest BCUT2D eigenvalue weighted by atomic mass is 10.0. The molecule has 29 heavy (non-hydrogen) atoms. The average molecular weight is 409 g/mol. The maximum absolute atomic E-state index is 14.4. The molecule has 4 aromatic rings. The summed E-state index contributed by atoms with van der Waals surface area (Å²) in [4.78, 5) is 20.3. The fourth-order valence-electron chi connectivity index (χ4n) is 3.10. The van der Waals surface area contributed by atoms with E-state index in [9.17, 15) is 17.6 Å². The Labute approximate surface area is 166 Å². The Morgan fingerprint density at radius 1 is 1.03 bits per heavy atom. The van der Waals surface area contributed by atoms with Gasteiger partial charge >= 0.3 is 0 Å². The number of halogens is 1. The van der Waals surface area contributed by atoms with Crippen molar-refractivity contribution in [2.75, 3.05) is 11.0 Å². The normalized spacial score (nSPS) is 11.5. The standard InChI is InChI=1S/C21H16FN3O3S/c1-29(27,28)25-15-7-8-19(22)17(10-15)20(26)18-12-24-21-16(18)9-14(11-23-21)13-5-3-2-4-6-13/h2-12,25H,1H3,(H,23,24). The van der Waals surface area contributed by atoms with Gasteiger partial charge in [-0.3, -0.25) is 9.52 Å². The van der Waals surface area contributed by atoms with Gasteiger partial charge in [-0.25, -0.2) is 17.8 Å². The first-order valence-corrected chi connectivity index (χ1v) is 10.6. The first-order valence-electron chi connectivity index (χ1n) is 8.66. The molecule has 2 aromatic heterocycles. The maximum Gasteiger partial charge on any atom is 0.229 e. The molecule has 2 aromatic carbocycles. The highest BCUT2D eigenvalue weighted by atomic mass is 32.2. The lowest BCUT2D eigenvalue weighted by Gasteiger charge is -2.07. The number of aromatic amines is 1. The second-order valence-electron chi connectivity index (χ2n) is 6.59. The van der Waals surface area contributed by atoms with E-state index in [1.165, 1.54) is 18.3 Å². The van der Waals surface area contributed by atoms with Crippen LogP contribution in [0.4, 0.5) is 10.1 Å². The number of nitrogens with zero attached hydrogens (tertiary/aromatic N) is 1. The minimum absolute atomic E-state index is 0.111. The Morgan fingerprint density at radius 3 is 2.52 bits per heavy atom. The van der Waals surface area contributed by atoms with Gasteiger partial charge in [-0.2, -0.15) is 0 Å². The summed E-state index contributed by atoms with van der Waals surface area (Å²) in [5.74, 6) is -1.31. The molecule has 146 valence electrons. The number of H-pyrrole nitrogens is 1. The van der Waals surface area contributed by atoms with Crippen molar-refractivity contribution in [3.05, 3.63) is 83.9 Å². The van der Waals surface area contributed by atoms with Crippen molar-refractivity contribution in [2.24, 2.45) is 0 Å². The largest absolute Gasteiger partial charge is 0.345 e. The van der Waals surface area contributed by atoms with E-state index in [0.29, 0.717) is 11.0 Å². The van der Waals surface area contributed by atoms with Gasteiger partial charge in [-0.15, -0.1) is 0 Å². The monoisotopic (exact) mass is 409 g/mol. The Kier molecular flexibility index (Phi) is 4.63. The maximum atomic E-state index is 14.4. The van der Waals surface area contributed by atoms with Crippen molar-refractivity contribution in [1.82, 2.24) is 9.97 Å². The number of benzene rings is 2. The summed E-state index contributed by atoms with van der Waals surface area (Å²) >= 11 is 0. The summed E-state index contributed by atoms with van der Waals surface area (Å²) in [6.07, 6.45) is 4.15. The van der Waals surface area contributed by atoms with E-state index >= 15 is 0 Å². The SMILES string of the molecule is CS(=O)(=O)Nc1ccc(F)c(C(=O)c2c[nH]c3ncc(-c4ccccc4)cc23)c1. The topological polar surface area (TPSA) is 91.9 Å². The minimum Gasteiger partial charge on any atom is -0.345 e. The molecule has 4 rings (SSSR count). The van der Waals surface area contributed by atoms with Gasteiger partial charge in [-0.05, 0) is 29.8 Å². The van der Waals surface area contributed by atoms with Gasteiger partial charge in [0.15, 0.2) is 5.78 Å². The third kappa shape index (κ3) is 3.88. The number of anilines is 1. The second kappa shape index (κ2) is 7.14. The van der Waals surface area contributed by atoms with E-state index in [-0.39, 0.29) is 16.8 Å². The molecule has 0 spiro atoms. The number of sulfonamides is 1. The van der Waals surface area contributed by atoms with Crippen molar-refractivity contribution in [3.8, 4) is 11.1 Å². The molecule has 0 aliphatic carbocycles. The summed E-state index contributed by atoms with van der Waals surface area (Å²) in [5.41, 5.74) is 2.39. The van der Waals surface area contributed by atoms with E-state index in [0.717, 1.165) is 23.4 Å². The van der Waals surface area contributed by atoms with Gasteiger partial charge in [0.25, 0.3) is 0 Å². The highest BCUT2D eigenvalue weighted by Crippen LogP contribution is 2.27. The average Bonchev–Trinajstić information content (AvgIpc) is 3.12. The van der Waals surface area contributed by atoms with Crippen molar-refractivity contribution < 1.29 is 17.6 Å². The van der Waals surface area contributed by atoms with Crippen LogP contribution in [0.2, 0.25) is 0 Å². The van der Waals surface area contributed by atoms with E-state index in [2.05, 4.69) is 14.7 Å². The molecular formula is C21H16FN3O3S. The summed E-state index contributed by atoms with van der Waals surface area (Å²) in [6.45, 7) is 0. The van der Waals surface area contributed by atoms with E-state index < -0.39 is 21.6 Å². The number of carbonyl (C=O) groups excluding carboxylic acids is 1. The zero-order valence-electron chi connectivity index (χ0n) is 15.3. The van der Waals surface area contributed by atoms with E-state index in [4.69, 9.17) is 0 Å². The Bertz CT molecular complexity index is 1330. The molecule has 6 nitrogen and oxygen atoms in total. The molecule has 0 radical (unpaired) electrons. The summed E-state index contributed by atoms with van der Waals surface area (Å²) < 4.78 is 39.5. The molecule has 0 unspecified atom stereocenters. The smallest absolute Gasteiger partial charge is 0.229 e. The molecule has 2 heterocycles. The Balaban J connectivity index is 1.79. The lowest BCUT2D eigenvalue weighted by Crippen LogP contribution is -2.11. The quantitative estimate of drug-likeness (QED) is 0.488. The zero-order valence-corrected chi connectivity index (χ0v) is 16.1. The highest BCUT2D eigenvalue weighted by molar-refractivity contribution is 7.92. The number of fused-ring (bicyclic) bond motifs is 1. The van der Waals surface area contributed by atoms with Crippen LogP contribution < -0.4 is 4.72 Å². The van der Waals surface area contributed by atoms with Crippen molar-refractivity contribution in [2.45, 2.75) is 0 Å². The van der Waals surface area contributed by atoms with Gasteiger partial charge in [-0.1, -0.05) is 30.3 Å². The zero-order chi connectivity index (χ0) is 20.6. The van der Waals surface area contributed by atoms with Gasteiger partial charge in [0.05, 0.1) is 11.8 Å². The molecule has 0 saturated carbocycles. The van der Waals surface area contributed by atoms with Crippen LogP contribution in [0, 0.1) is 5.82 Å². The van der Waals surface area contributed by atoms with Crippen LogP contribution >= 0.6 is 0 Å². The lowest BCUT2D eigenvalue weighted by molar-refractivity contribution is 0.103. The van der Waals surface area contributed by atoms with Crippen molar-refractivity contribution >= 4 is 32.5 Å². The fourth-order valence-corrected chi connectivity index (χ4v) is 3.66. The number of ketones is 1. The first kappa shape index (κ1) is 18.8. The van der Waals surface area contributed by atoms with E-state index in [1.54, 1.807) is 6.20 Å². The van der Waals surface area contributed by atoms with Gasteiger partial charge in [0, 0.05) is 34.6 Å². The molecule has 0 aliphatic heterocycles. The first-order chi connectivity index (χ1) is 13.8. The fraction of sp³-hybridized carbons (Fsp3) is 0.0476. The number of hydrogen-bond donors (Lipinski definition) is 2. The van der Waals surface area contributed by atoms with Crippen LogP contribution in [0.5, 0.6) is 0 Å². The number of nitrogens with one attached hydrogen (secondary N) is 2. The molecule has 0 atom stereocenters. The van der Waals surface area contributed by atoms with Crippen molar-refractivity contribution in [3.63, 3.8) is 0 Å². The molecule has 8 heteroatoms. The third-order valence-corrected chi connectivity index (χ3v) is 5.00. The van der Waals surface area contributed by atoms with E-state index in [1.807, 2.05) is 36.4 Å². The number of carbonyl (C=O) groups is 1. The predicted molar refractivity (Wildman–Crippen MR) is 110 cm³/mol. The number of rotatable bonds is 5. The molecular weight excluding hydrogens is 393 g/mol. The van der Waals surface area contributed by atoms with Gasteiger partial charge in [0.2, 0.25) is 10.0 Å². The Hall–Kier alpha value is -3.52. The minimum atomic E-state index is -3.56. The second-order valence-corrected chi connectivity index (χ2v) is 8.33. The van der Waals surface area contributed by atoms with Crippen LogP contribution in [0.25, 0.3) is 22.2 Å². The molecule has 2 N–H and O–H groups in total. The van der Waals surface area contributed by atoms with Crippen LogP contribution in [0.15, 0.2) is 67.0 Å². The molecule has 0 fully saturated rings. The summed E-state index contributed by atoms with van der Waals surface area (Å²) in [5, 5.41) is 0.553. The molecule has 0 amide bonds. The Morgan fingerprint density at radius 2 is 1.79 bits per heavy atom. The van der Waals surface area contributed by atoms with Gasteiger partial charge < -0.3 is 4.98 Å². The molecule has 0 bridgehead atoms. The summed E-state index contributed by atoms with van der Waals surface area (Å²) in [6, 6.07) is 14.9. The highest BCUT2D eigenvalue weighted by Gasteiger charge is 2.20. The van der Waals surface area contributed by atoms with Crippen LogP contribution in [0.3, 0.4) is 0 Å². The number of aromatic nitrogens is 2. The predicted octanol–water partition coefficient (Wildman–Crippen LogP) is 3.97. The van der Waals surface area contributed by atoms with Gasteiger partial charge in [0.1, 0.15) is 11.5 Å². The number of pyridine rings is 1. The van der Waals surface area contributed by atoms with Crippen LogP contribution in [-0.2, 0) is 10.0 Å². The third-order valence-electron chi connectivity index (χ3n) is 4.40.